The molecule has 5 rings (SSSR count). The number of fused-ring (bicyclic) bond motifs is 1. The van der Waals surface area contributed by atoms with Crippen molar-refractivity contribution in [1.29, 1.82) is 0 Å². The Labute approximate surface area is 200 Å². The van der Waals surface area contributed by atoms with Gasteiger partial charge in [-0.2, -0.15) is 5.10 Å². The number of hydrogen-bond acceptors (Lipinski definition) is 8. The normalized spacial score (nSPS) is 16.9. The van der Waals surface area contributed by atoms with E-state index in [4.69, 9.17) is 14.1 Å². The van der Waals surface area contributed by atoms with Crippen LogP contribution in [-0.2, 0) is 14.6 Å². The Hall–Kier alpha value is -3.99. The maximum Gasteiger partial charge on any atom is 0.337 e. The summed E-state index contributed by atoms with van der Waals surface area (Å²) in [4.78, 5) is 29.8. The SMILES string of the molecule is COC(=O)c1ccc(NC(=O)c2cc(-c3ccco3)nc3c2c(C)nn3[C@H]2CCS(=O)(=O)C2)cc1. The number of anilines is 1. The highest BCUT2D eigenvalue weighted by atomic mass is 32.2. The number of esters is 1. The van der Waals surface area contributed by atoms with Gasteiger partial charge in [-0.05, 0) is 55.8 Å². The van der Waals surface area contributed by atoms with Gasteiger partial charge in [-0.3, -0.25) is 4.79 Å². The van der Waals surface area contributed by atoms with Gasteiger partial charge in [0.25, 0.3) is 5.91 Å². The van der Waals surface area contributed by atoms with Gasteiger partial charge in [0.15, 0.2) is 21.2 Å². The Bertz CT molecular complexity index is 1540. The molecule has 0 saturated carbocycles. The van der Waals surface area contributed by atoms with Crippen molar-refractivity contribution in [1.82, 2.24) is 14.8 Å². The first-order valence-electron chi connectivity index (χ1n) is 10.9. The first kappa shape index (κ1) is 22.8. The van der Waals surface area contributed by atoms with Crippen LogP contribution in [0.1, 0.15) is 38.9 Å². The van der Waals surface area contributed by atoms with Crippen LogP contribution < -0.4 is 5.32 Å². The molecule has 4 aromatic rings. The Kier molecular flexibility index (Phi) is 5.64. The number of amides is 1. The van der Waals surface area contributed by atoms with Crippen molar-refractivity contribution in [3.05, 3.63) is 65.5 Å². The molecule has 0 unspecified atom stereocenters. The number of nitrogens with one attached hydrogen (secondary N) is 1. The molecule has 180 valence electrons. The molecule has 10 nitrogen and oxygen atoms in total. The summed E-state index contributed by atoms with van der Waals surface area (Å²) in [7, 11) is -1.86. The van der Waals surface area contributed by atoms with E-state index in [0.717, 1.165) is 0 Å². The molecule has 1 aliphatic heterocycles. The van der Waals surface area contributed by atoms with Crippen LogP contribution in [0.3, 0.4) is 0 Å². The second kappa shape index (κ2) is 8.66. The van der Waals surface area contributed by atoms with Crippen molar-refractivity contribution in [2.75, 3.05) is 23.9 Å². The number of rotatable bonds is 5. The van der Waals surface area contributed by atoms with Gasteiger partial charge in [-0.15, -0.1) is 0 Å². The van der Waals surface area contributed by atoms with Crippen LogP contribution in [0.15, 0.2) is 53.1 Å². The summed E-state index contributed by atoms with van der Waals surface area (Å²) in [5.41, 5.74) is 2.58. The smallest absolute Gasteiger partial charge is 0.337 e. The summed E-state index contributed by atoms with van der Waals surface area (Å²) in [6, 6.07) is 11.0. The fourth-order valence-corrected chi connectivity index (χ4v) is 5.96. The van der Waals surface area contributed by atoms with E-state index in [0.29, 0.717) is 51.4 Å². The minimum atomic E-state index is -3.15. The van der Waals surface area contributed by atoms with E-state index in [9.17, 15) is 18.0 Å². The van der Waals surface area contributed by atoms with Crippen LogP contribution in [0, 0.1) is 6.92 Å². The van der Waals surface area contributed by atoms with E-state index in [1.54, 1.807) is 54.1 Å². The van der Waals surface area contributed by atoms with Gasteiger partial charge >= 0.3 is 5.97 Å². The summed E-state index contributed by atoms with van der Waals surface area (Å²) in [6.07, 6.45) is 1.94. The summed E-state index contributed by atoms with van der Waals surface area (Å²) in [5, 5.41) is 7.96. The molecule has 0 bridgehead atoms. The number of hydrogen-bond donors (Lipinski definition) is 1. The number of carbonyl (C=O) groups is 2. The first-order valence-corrected chi connectivity index (χ1v) is 12.7. The molecule has 1 aromatic carbocycles. The largest absolute Gasteiger partial charge is 0.465 e. The maximum absolute atomic E-state index is 13.4. The Morgan fingerprint density at radius 1 is 1.20 bits per heavy atom. The molecular formula is C24H22N4O6S. The lowest BCUT2D eigenvalue weighted by molar-refractivity contribution is 0.0600. The van der Waals surface area contributed by atoms with Crippen LogP contribution in [-0.4, -0.2) is 53.7 Å². The minimum Gasteiger partial charge on any atom is -0.465 e. The van der Waals surface area contributed by atoms with Crippen LogP contribution in [0.5, 0.6) is 0 Å². The van der Waals surface area contributed by atoms with Gasteiger partial charge in [0, 0.05) is 5.69 Å². The monoisotopic (exact) mass is 494 g/mol. The van der Waals surface area contributed by atoms with Gasteiger partial charge in [0.05, 0.1) is 53.1 Å². The lowest BCUT2D eigenvalue weighted by atomic mass is 10.1. The van der Waals surface area contributed by atoms with E-state index in [2.05, 4.69) is 10.4 Å². The predicted octanol–water partition coefficient (Wildman–Crippen LogP) is 3.40. The summed E-state index contributed by atoms with van der Waals surface area (Å²) >= 11 is 0. The molecule has 4 heterocycles. The third-order valence-electron chi connectivity index (χ3n) is 5.97. The summed E-state index contributed by atoms with van der Waals surface area (Å²) in [6.45, 7) is 1.76. The van der Waals surface area contributed by atoms with Crippen molar-refractivity contribution in [2.24, 2.45) is 0 Å². The number of nitrogens with zero attached hydrogens (tertiary/aromatic N) is 3. The number of aromatic nitrogens is 3. The second-order valence-corrected chi connectivity index (χ2v) is 10.6. The molecule has 3 aromatic heterocycles. The molecule has 0 radical (unpaired) electrons. The number of sulfone groups is 1. The summed E-state index contributed by atoms with van der Waals surface area (Å²) in [5.74, 6) is -0.348. The highest BCUT2D eigenvalue weighted by molar-refractivity contribution is 7.91. The highest BCUT2D eigenvalue weighted by Gasteiger charge is 2.32. The molecule has 0 spiro atoms. The van der Waals surface area contributed by atoms with Crippen LogP contribution in [0.2, 0.25) is 0 Å². The van der Waals surface area contributed by atoms with Crippen molar-refractivity contribution < 1.29 is 27.2 Å². The van der Waals surface area contributed by atoms with Crippen molar-refractivity contribution >= 4 is 38.4 Å². The average Bonchev–Trinajstić information content (AvgIpc) is 3.58. The first-order chi connectivity index (χ1) is 16.8. The van der Waals surface area contributed by atoms with Crippen molar-refractivity contribution in [2.45, 2.75) is 19.4 Å². The molecule has 1 aliphatic rings. The number of pyridine rings is 1. The number of ether oxygens (including phenoxy) is 1. The Morgan fingerprint density at radius 2 is 1.97 bits per heavy atom. The van der Waals surface area contributed by atoms with Crippen LogP contribution in [0.4, 0.5) is 5.69 Å². The molecule has 1 fully saturated rings. The van der Waals surface area contributed by atoms with Crippen molar-refractivity contribution in [3.63, 3.8) is 0 Å². The van der Waals surface area contributed by atoms with Gasteiger partial charge in [-0.1, -0.05) is 0 Å². The number of furan rings is 1. The maximum atomic E-state index is 13.4. The van der Waals surface area contributed by atoms with E-state index in [1.807, 2.05) is 0 Å². The number of methoxy groups -OCH3 is 1. The molecule has 0 aliphatic carbocycles. The van der Waals surface area contributed by atoms with Crippen LogP contribution >= 0.6 is 0 Å². The fraction of sp³-hybridized carbons (Fsp3) is 0.250. The lowest BCUT2D eigenvalue weighted by Gasteiger charge is -2.12. The zero-order chi connectivity index (χ0) is 24.7. The van der Waals surface area contributed by atoms with E-state index in [-0.39, 0.29) is 17.5 Å². The zero-order valence-corrected chi connectivity index (χ0v) is 19.8. The van der Waals surface area contributed by atoms with Gasteiger partial charge in [0.2, 0.25) is 0 Å². The topological polar surface area (TPSA) is 133 Å². The van der Waals surface area contributed by atoms with Crippen molar-refractivity contribution in [3.8, 4) is 11.5 Å². The molecule has 1 N–H and O–H groups in total. The van der Waals surface area contributed by atoms with Gasteiger partial charge in [-0.25, -0.2) is 22.9 Å². The number of benzene rings is 1. The number of aryl methyl sites for hydroxylation is 1. The molecular weight excluding hydrogens is 472 g/mol. The third-order valence-corrected chi connectivity index (χ3v) is 7.72. The molecule has 11 heteroatoms. The van der Waals surface area contributed by atoms with Gasteiger partial charge in [0.1, 0.15) is 5.69 Å². The quantitative estimate of drug-likeness (QED) is 0.417. The van der Waals surface area contributed by atoms with E-state index < -0.39 is 21.7 Å². The zero-order valence-electron chi connectivity index (χ0n) is 19.0. The predicted molar refractivity (Wildman–Crippen MR) is 128 cm³/mol. The van der Waals surface area contributed by atoms with E-state index in [1.165, 1.54) is 13.4 Å². The average molecular weight is 495 g/mol. The highest BCUT2D eigenvalue weighted by Crippen LogP contribution is 2.32. The Balaban J connectivity index is 1.58. The molecule has 35 heavy (non-hydrogen) atoms. The minimum absolute atomic E-state index is 0.0239. The van der Waals surface area contributed by atoms with E-state index >= 15 is 0 Å². The molecule has 1 atom stereocenters. The Morgan fingerprint density at radius 3 is 2.60 bits per heavy atom. The fourth-order valence-electron chi connectivity index (χ4n) is 4.27. The second-order valence-electron chi connectivity index (χ2n) is 8.34. The molecule has 1 amide bonds. The summed E-state index contributed by atoms with van der Waals surface area (Å²) < 4.78 is 36.0. The van der Waals surface area contributed by atoms with Crippen LogP contribution in [0.25, 0.3) is 22.5 Å². The van der Waals surface area contributed by atoms with Gasteiger partial charge < -0.3 is 14.5 Å². The molecule has 1 saturated heterocycles. The standard InChI is InChI=1S/C24H22N4O6S/c1-14-21-18(23(29)25-16-7-5-15(6-8-16)24(30)33-2)12-19(20-4-3-10-34-20)26-22(21)28(27-14)17-9-11-35(31,32)13-17/h3-8,10,12,17H,9,11,13H2,1-2H3,(H,25,29)/t17-/m0/s1. The number of carbonyl (C=O) groups excluding carboxylic acids is 2. The lowest BCUT2D eigenvalue weighted by Crippen LogP contribution is -2.15. The third kappa shape index (κ3) is 4.30.